The highest BCUT2D eigenvalue weighted by Gasteiger charge is 2.52. The van der Waals surface area contributed by atoms with Crippen LogP contribution in [0.25, 0.3) is 0 Å². The molecular weight excluding hydrogens is 383 g/mol. The number of alkyl halides is 1. The average Bonchev–Trinajstić information content (AvgIpc) is 2.83. The lowest BCUT2D eigenvalue weighted by molar-refractivity contribution is -0.156. The summed E-state index contributed by atoms with van der Waals surface area (Å²) in [5.74, 6) is 0.293. The van der Waals surface area contributed by atoms with Crippen molar-refractivity contribution in [1.82, 2.24) is 0 Å². The van der Waals surface area contributed by atoms with Gasteiger partial charge in [0.2, 0.25) is 0 Å². The van der Waals surface area contributed by atoms with Gasteiger partial charge in [0.15, 0.2) is 0 Å². The zero-order chi connectivity index (χ0) is 15.5. The van der Waals surface area contributed by atoms with Crippen LogP contribution in [0.1, 0.15) is 45.4 Å². The van der Waals surface area contributed by atoms with E-state index >= 15 is 0 Å². The number of halogens is 1. The molecule has 21 heavy (non-hydrogen) atoms. The van der Waals surface area contributed by atoms with Crippen LogP contribution in [0.4, 0.5) is 0 Å². The molecule has 1 N–H and O–H groups in total. The first-order chi connectivity index (χ1) is 10.0. The summed E-state index contributed by atoms with van der Waals surface area (Å²) in [6.07, 6.45) is 6.38. The van der Waals surface area contributed by atoms with Crippen molar-refractivity contribution in [3.8, 4) is 0 Å². The van der Waals surface area contributed by atoms with Gasteiger partial charge in [-0.25, -0.2) is 0 Å². The maximum atomic E-state index is 10.5. The van der Waals surface area contributed by atoms with E-state index in [1.165, 1.54) is 0 Å². The molecule has 2 fully saturated rings. The Morgan fingerprint density at radius 3 is 2.90 bits per heavy atom. The first-order valence-electron chi connectivity index (χ1n) is 7.71. The van der Waals surface area contributed by atoms with E-state index in [0.717, 1.165) is 42.8 Å². The molecule has 2 heterocycles. The van der Waals surface area contributed by atoms with Crippen LogP contribution in [-0.4, -0.2) is 39.7 Å². The van der Waals surface area contributed by atoms with Crippen LogP contribution in [0, 0.1) is 5.92 Å². The Morgan fingerprint density at radius 2 is 2.29 bits per heavy atom. The van der Waals surface area contributed by atoms with E-state index in [4.69, 9.17) is 9.47 Å². The molecule has 2 rings (SSSR count). The number of hydrogen-bond donors (Lipinski definition) is 1. The monoisotopic (exact) mass is 408 g/mol. The summed E-state index contributed by atoms with van der Waals surface area (Å²) >= 11 is 2.38. The SMILES string of the molecule is C=C(O)[C@H](C)C[C@H]1CC[C@@H]2OC(CCC=O)C[C@]2(CI)O1. The standard InChI is InChI=1S/C16H25IO4/c1-11(12(2)19)8-13-5-6-15-16(10-17,21-13)9-14(20-15)4-3-7-18/h7,11,13-15,19H,2-6,8-10H2,1H3/t11-,13-,14?,15+,16-/m1/s1. The molecule has 0 aromatic rings. The molecule has 5 atom stereocenters. The molecule has 0 radical (unpaired) electrons. The molecule has 0 aromatic heterocycles. The highest BCUT2D eigenvalue weighted by Crippen LogP contribution is 2.44. The minimum Gasteiger partial charge on any atom is -0.513 e. The van der Waals surface area contributed by atoms with Crippen LogP contribution in [0.15, 0.2) is 12.3 Å². The van der Waals surface area contributed by atoms with E-state index in [0.29, 0.717) is 6.42 Å². The van der Waals surface area contributed by atoms with Crippen molar-refractivity contribution < 1.29 is 19.4 Å². The summed E-state index contributed by atoms with van der Waals surface area (Å²) in [5.41, 5.74) is -0.215. The lowest BCUT2D eigenvalue weighted by Crippen LogP contribution is -2.50. The lowest BCUT2D eigenvalue weighted by atomic mass is 9.86. The summed E-state index contributed by atoms with van der Waals surface area (Å²) in [7, 11) is 0. The van der Waals surface area contributed by atoms with Gasteiger partial charge in [-0.15, -0.1) is 0 Å². The molecular formula is C16H25IO4. The molecule has 1 unspecified atom stereocenters. The van der Waals surface area contributed by atoms with E-state index in [9.17, 15) is 9.90 Å². The minimum atomic E-state index is -0.215. The molecule has 0 saturated carbocycles. The number of rotatable bonds is 7. The van der Waals surface area contributed by atoms with Gasteiger partial charge < -0.3 is 19.4 Å². The van der Waals surface area contributed by atoms with Gasteiger partial charge in [-0.1, -0.05) is 36.1 Å². The average molecular weight is 408 g/mol. The molecule has 0 aliphatic carbocycles. The molecule has 2 aliphatic rings. The van der Waals surface area contributed by atoms with Crippen LogP contribution in [0.2, 0.25) is 0 Å². The number of allylic oxidation sites excluding steroid dienone is 1. The Balaban J connectivity index is 1.97. The molecule has 2 saturated heterocycles. The lowest BCUT2D eigenvalue weighted by Gasteiger charge is -2.41. The Bertz CT molecular complexity index is 386. The second-order valence-corrected chi connectivity index (χ2v) is 7.10. The van der Waals surface area contributed by atoms with Crippen LogP contribution in [0.3, 0.4) is 0 Å². The van der Waals surface area contributed by atoms with Crippen molar-refractivity contribution in [3.63, 3.8) is 0 Å². The van der Waals surface area contributed by atoms with E-state index in [2.05, 4.69) is 29.2 Å². The quantitative estimate of drug-likeness (QED) is 0.303. The fourth-order valence-corrected chi connectivity index (χ4v) is 4.38. The van der Waals surface area contributed by atoms with Gasteiger partial charge in [-0.2, -0.15) is 0 Å². The zero-order valence-corrected chi connectivity index (χ0v) is 14.8. The molecule has 0 spiro atoms. The molecule has 2 aliphatic heterocycles. The topological polar surface area (TPSA) is 55.8 Å². The van der Waals surface area contributed by atoms with Crippen molar-refractivity contribution >= 4 is 28.9 Å². The van der Waals surface area contributed by atoms with E-state index < -0.39 is 0 Å². The predicted octanol–water partition coefficient (Wildman–Crippen LogP) is 3.57. The third-order valence-electron chi connectivity index (χ3n) is 4.69. The normalized spacial score (nSPS) is 37.0. The summed E-state index contributed by atoms with van der Waals surface area (Å²) in [6.45, 7) is 5.59. The van der Waals surface area contributed by atoms with Gasteiger partial charge in [0, 0.05) is 23.2 Å². The van der Waals surface area contributed by atoms with Crippen molar-refractivity contribution in [2.75, 3.05) is 4.43 Å². The van der Waals surface area contributed by atoms with Gasteiger partial charge in [0.1, 0.15) is 11.9 Å². The zero-order valence-electron chi connectivity index (χ0n) is 12.6. The molecule has 0 aromatic carbocycles. The van der Waals surface area contributed by atoms with Gasteiger partial charge in [-0.3, -0.25) is 0 Å². The summed E-state index contributed by atoms with van der Waals surface area (Å²) in [4.78, 5) is 10.5. The minimum absolute atomic E-state index is 0.0611. The number of aldehydes is 1. The first-order valence-corrected chi connectivity index (χ1v) is 9.24. The summed E-state index contributed by atoms with van der Waals surface area (Å²) in [5, 5.41) is 9.49. The highest BCUT2D eigenvalue weighted by atomic mass is 127. The Labute approximate surface area is 140 Å². The fourth-order valence-electron chi connectivity index (χ4n) is 3.40. The summed E-state index contributed by atoms with van der Waals surface area (Å²) < 4.78 is 13.4. The number of aliphatic hydroxyl groups excluding tert-OH is 1. The smallest absolute Gasteiger partial charge is 0.120 e. The van der Waals surface area contributed by atoms with E-state index in [1.54, 1.807) is 0 Å². The number of aliphatic hydroxyl groups is 1. The number of fused-ring (bicyclic) bond motifs is 1. The van der Waals surface area contributed by atoms with Gasteiger partial charge in [-0.05, 0) is 25.7 Å². The molecule has 120 valence electrons. The van der Waals surface area contributed by atoms with Crippen molar-refractivity contribution in [2.45, 2.75) is 69.4 Å². The van der Waals surface area contributed by atoms with Crippen molar-refractivity contribution in [1.29, 1.82) is 0 Å². The Hall–Kier alpha value is -0.140. The van der Waals surface area contributed by atoms with Crippen molar-refractivity contribution in [3.05, 3.63) is 12.3 Å². The fraction of sp³-hybridized carbons (Fsp3) is 0.812. The Kier molecular flexibility index (Phi) is 6.08. The highest BCUT2D eigenvalue weighted by molar-refractivity contribution is 14.1. The number of hydrogen-bond acceptors (Lipinski definition) is 4. The third kappa shape index (κ3) is 3.99. The van der Waals surface area contributed by atoms with Gasteiger partial charge in [0.05, 0.1) is 24.1 Å². The predicted molar refractivity (Wildman–Crippen MR) is 89.9 cm³/mol. The maximum Gasteiger partial charge on any atom is 0.120 e. The van der Waals surface area contributed by atoms with Crippen LogP contribution >= 0.6 is 22.6 Å². The number of ether oxygens (including phenoxy) is 2. The van der Waals surface area contributed by atoms with Crippen LogP contribution < -0.4 is 0 Å². The largest absolute Gasteiger partial charge is 0.513 e. The number of carbonyl (C=O) groups excluding carboxylic acids is 1. The van der Waals surface area contributed by atoms with Crippen LogP contribution in [0.5, 0.6) is 0 Å². The summed E-state index contributed by atoms with van der Waals surface area (Å²) in [6, 6.07) is 0. The first kappa shape index (κ1) is 17.2. The van der Waals surface area contributed by atoms with Gasteiger partial charge >= 0.3 is 0 Å². The molecule has 0 amide bonds. The van der Waals surface area contributed by atoms with Crippen LogP contribution in [-0.2, 0) is 14.3 Å². The Morgan fingerprint density at radius 1 is 1.52 bits per heavy atom. The second-order valence-electron chi connectivity index (χ2n) is 6.34. The molecule has 4 nitrogen and oxygen atoms in total. The molecule has 5 heteroatoms. The third-order valence-corrected chi connectivity index (χ3v) is 5.98. The maximum absolute atomic E-state index is 10.5. The second kappa shape index (κ2) is 7.42. The van der Waals surface area contributed by atoms with E-state index in [-0.39, 0.29) is 35.6 Å². The van der Waals surface area contributed by atoms with Crippen molar-refractivity contribution in [2.24, 2.45) is 5.92 Å². The van der Waals surface area contributed by atoms with Gasteiger partial charge in [0.25, 0.3) is 0 Å². The number of carbonyl (C=O) groups is 1. The molecule has 0 bridgehead atoms. The van der Waals surface area contributed by atoms with E-state index in [1.807, 2.05) is 6.92 Å².